The fourth-order valence-corrected chi connectivity index (χ4v) is 1.63. The number of H-pyrrole nitrogens is 1. The Morgan fingerprint density at radius 1 is 1.12 bits per heavy atom. The summed E-state index contributed by atoms with van der Waals surface area (Å²) in [4.78, 5) is 6.53. The van der Waals surface area contributed by atoms with Crippen molar-refractivity contribution in [3.8, 4) is 11.3 Å². The van der Waals surface area contributed by atoms with Crippen molar-refractivity contribution in [1.82, 2.24) is 9.97 Å². The lowest BCUT2D eigenvalue weighted by atomic mass is 10.1. The lowest BCUT2D eigenvalue weighted by molar-refractivity contribution is -0.137. The van der Waals surface area contributed by atoms with Crippen molar-refractivity contribution in [1.29, 1.82) is 0 Å². The van der Waals surface area contributed by atoms with E-state index in [1.165, 1.54) is 12.4 Å². The fourth-order valence-electron chi connectivity index (χ4n) is 1.39. The third-order valence-corrected chi connectivity index (χ3v) is 2.38. The van der Waals surface area contributed by atoms with Gasteiger partial charge in [-0.3, -0.25) is 4.98 Å². The van der Waals surface area contributed by atoms with Crippen LogP contribution in [0.25, 0.3) is 11.3 Å². The van der Waals surface area contributed by atoms with Gasteiger partial charge in [0.2, 0.25) is 0 Å². The zero-order chi connectivity index (χ0) is 12.5. The zero-order valence-corrected chi connectivity index (χ0v) is 9.27. The number of halogens is 3. The molecule has 0 amide bonds. The van der Waals surface area contributed by atoms with Gasteiger partial charge in [-0.15, -0.1) is 0 Å². The van der Waals surface area contributed by atoms with E-state index in [1.807, 2.05) is 0 Å². The van der Waals surface area contributed by atoms with Crippen molar-refractivity contribution < 1.29 is 13.2 Å². The molecular formula is C11H7F3N2S. The molecule has 0 unspecified atom stereocenters. The number of nitrogens with one attached hydrogen (secondary N) is 1. The Morgan fingerprint density at radius 3 is 2.35 bits per heavy atom. The van der Waals surface area contributed by atoms with Crippen LogP contribution >= 0.6 is 12.2 Å². The second kappa shape index (κ2) is 4.29. The number of hydrogen-bond acceptors (Lipinski definition) is 2. The van der Waals surface area contributed by atoms with Gasteiger partial charge in [0.1, 0.15) is 4.64 Å². The molecule has 0 saturated heterocycles. The Hall–Kier alpha value is -1.69. The van der Waals surface area contributed by atoms with Gasteiger partial charge in [-0.25, -0.2) is 0 Å². The third-order valence-electron chi connectivity index (χ3n) is 2.16. The molecule has 0 bridgehead atoms. The highest BCUT2D eigenvalue weighted by Gasteiger charge is 2.31. The van der Waals surface area contributed by atoms with Crippen LogP contribution in [0, 0.1) is 4.64 Å². The minimum Gasteiger partial charge on any atom is -0.346 e. The van der Waals surface area contributed by atoms with Crippen LogP contribution in [0.3, 0.4) is 0 Å². The molecule has 17 heavy (non-hydrogen) atoms. The molecule has 2 heterocycles. The molecule has 0 atom stereocenters. The van der Waals surface area contributed by atoms with Crippen LogP contribution in [-0.4, -0.2) is 9.97 Å². The lowest BCUT2D eigenvalue weighted by Crippen LogP contribution is -2.05. The van der Waals surface area contributed by atoms with E-state index in [1.54, 1.807) is 12.1 Å². The number of aromatic nitrogens is 2. The number of pyridine rings is 2. The summed E-state index contributed by atoms with van der Waals surface area (Å²) in [5, 5.41) is 0. The summed E-state index contributed by atoms with van der Waals surface area (Å²) in [7, 11) is 0. The van der Waals surface area contributed by atoms with E-state index in [0.717, 1.165) is 12.1 Å². The minimum atomic E-state index is -4.40. The van der Waals surface area contributed by atoms with Crippen LogP contribution < -0.4 is 0 Å². The summed E-state index contributed by atoms with van der Waals surface area (Å²) in [5.41, 5.74) is 0.178. The summed E-state index contributed by atoms with van der Waals surface area (Å²) in [6.45, 7) is 0. The molecule has 2 aromatic heterocycles. The summed E-state index contributed by atoms with van der Waals surface area (Å²) >= 11 is 4.78. The highest BCUT2D eigenvalue weighted by Crippen LogP contribution is 2.31. The maximum absolute atomic E-state index is 12.6. The van der Waals surface area contributed by atoms with E-state index >= 15 is 0 Å². The predicted octanol–water partition coefficient (Wildman–Crippen LogP) is 3.82. The maximum Gasteiger partial charge on any atom is 0.416 e. The van der Waals surface area contributed by atoms with Crippen molar-refractivity contribution in [3.63, 3.8) is 0 Å². The molecule has 0 aliphatic heterocycles. The van der Waals surface area contributed by atoms with Gasteiger partial charge in [-0.2, -0.15) is 13.2 Å². The number of alkyl halides is 3. The average Bonchev–Trinajstić information content (AvgIpc) is 2.28. The van der Waals surface area contributed by atoms with Crippen LogP contribution in [-0.2, 0) is 6.18 Å². The molecule has 0 radical (unpaired) electrons. The Bertz CT molecular complexity index is 575. The minimum absolute atomic E-state index is 0.0478. The zero-order valence-electron chi connectivity index (χ0n) is 8.45. The second-order valence-electron chi connectivity index (χ2n) is 3.38. The molecule has 6 heteroatoms. The van der Waals surface area contributed by atoms with Crippen molar-refractivity contribution in [2.45, 2.75) is 6.18 Å². The normalized spacial score (nSPS) is 11.5. The summed E-state index contributed by atoms with van der Waals surface area (Å²) in [5.74, 6) is 0. The van der Waals surface area contributed by atoms with E-state index in [2.05, 4.69) is 9.97 Å². The molecule has 0 fully saturated rings. The van der Waals surface area contributed by atoms with Crippen molar-refractivity contribution >= 4 is 12.2 Å². The molecule has 0 spiro atoms. The van der Waals surface area contributed by atoms with E-state index in [4.69, 9.17) is 12.2 Å². The highest BCUT2D eigenvalue weighted by atomic mass is 32.1. The van der Waals surface area contributed by atoms with Gasteiger partial charge in [0.05, 0.1) is 5.56 Å². The van der Waals surface area contributed by atoms with Gasteiger partial charge < -0.3 is 4.98 Å². The molecule has 2 rings (SSSR count). The van der Waals surface area contributed by atoms with E-state index in [-0.39, 0.29) is 4.64 Å². The van der Waals surface area contributed by atoms with Gasteiger partial charge in [-0.1, -0.05) is 12.2 Å². The Balaban J connectivity index is 2.58. The molecule has 88 valence electrons. The maximum atomic E-state index is 12.6. The van der Waals surface area contributed by atoms with Crippen LogP contribution in [0.5, 0.6) is 0 Å². The fraction of sp³-hybridized carbons (Fsp3) is 0.0909. The van der Waals surface area contributed by atoms with E-state index in [9.17, 15) is 13.2 Å². The molecule has 1 N–H and O–H groups in total. The first-order valence-electron chi connectivity index (χ1n) is 4.69. The number of rotatable bonds is 1. The van der Waals surface area contributed by atoms with Crippen molar-refractivity contribution in [2.75, 3.05) is 0 Å². The summed E-state index contributed by atoms with van der Waals surface area (Å²) in [6, 6.07) is 5.16. The lowest BCUT2D eigenvalue weighted by Gasteiger charge is -2.09. The molecular weight excluding hydrogens is 249 g/mol. The molecule has 0 aliphatic rings. The number of aromatic amines is 1. The monoisotopic (exact) mass is 256 g/mol. The molecule has 0 aromatic carbocycles. The summed E-state index contributed by atoms with van der Waals surface area (Å²) < 4.78 is 37.8. The highest BCUT2D eigenvalue weighted by molar-refractivity contribution is 7.71. The van der Waals surface area contributed by atoms with Gasteiger partial charge in [0, 0.05) is 23.7 Å². The van der Waals surface area contributed by atoms with Crippen LogP contribution in [0.2, 0.25) is 0 Å². The van der Waals surface area contributed by atoms with Crippen molar-refractivity contribution in [3.05, 3.63) is 46.9 Å². The van der Waals surface area contributed by atoms with E-state index in [0.29, 0.717) is 11.3 Å². The first-order chi connectivity index (χ1) is 7.97. The first-order valence-corrected chi connectivity index (χ1v) is 5.09. The summed E-state index contributed by atoms with van der Waals surface area (Å²) in [6.07, 6.45) is -1.39. The standard InChI is InChI=1S/C11H7F3N2S/c12-11(13,14)8-5-9(16-10(17)6-8)7-1-3-15-4-2-7/h1-6H,(H,16,17). The SMILES string of the molecule is FC(F)(F)c1cc(-c2ccncc2)[nH]c(=S)c1. The Labute approximate surface area is 100 Å². The largest absolute Gasteiger partial charge is 0.416 e. The van der Waals surface area contributed by atoms with Crippen LogP contribution in [0.15, 0.2) is 36.7 Å². The average molecular weight is 256 g/mol. The molecule has 0 saturated carbocycles. The first kappa shape index (κ1) is 11.8. The predicted molar refractivity (Wildman–Crippen MR) is 59.9 cm³/mol. The van der Waals surface area contributed by atoms with E-state index < -0.39 is 11.7 Å². The van der Waals surface area contributed by atoms with Gasteiger partial charge in [0.25, 0.3) is 0 Å². The number of nitrogens with zero attached hydrogens (tertiary/aromatic N) is 1. The second-order valence-corrected chi connectivity index (χ2v) is 3.82. The van der Waals surface area contributed by atoms with Crippen LogP contribution in [0.1, 0.15) is 5.56 Å². The topological polar surface area (TPSA) is 28.7 Å². The van der Waals surface area contributed by atoms with Crippen molar-refractivity contribution in [2.24, 2.45) is 0 Å². The molecule has 0 aliphatic carbocycles. The Morgan fingerprint density at radius 2 is 1.76 bits per heavy atom. The van der Waals surface area contributed by atoms with Gasteiger partial charge in [0.15, 0.2) is 0 Å². The molecule has 2 aromatic rings. The third kappa shape index (κ3) is 2.71. The van der Waals surface area contributed by atoms with Crippen LogP contribution in [0.4, 0.5) is 13.2 Å². The smallest absolute Gasteiger partial charge is 0.346 e. The number of hydrogen-bond donors (Lipinski definition) is 1. The van der Waals surface area contributed by atoms with Gasteiger partial charge in [-0.05, 0) is 24.3 Å². The van der Waals surface area contributed by atoms with Gasteiger partial charge >= 0.3 is 6.18 Å². The molecule has 2 nitrogen and oxygen atoms in total. The quantitative estimate of drug-likeness (QED) is 0.786. The Kier molecular flexibility index (Phi) is 2.97.